The Morgan fingerprint density at radius 2 is 2.00 bits per heavy atom. The quantitative estimate of drug-likeness (QED) is 0.710. The molecular formula is C23H29N3O3S. The van der Waals surface area contributed by atoms with Crippen LogP contribution in [0.4, 0.5) is 5.69 Å². The van der Waals surface area contributed by atoms with E-state index >= 15 is 0 Å². The first kappa shape index (κ1) is 20.8. The van der Waals surface area contributed by atoms with E-state index in [4.69, 9.17) is 4.74 Å². The molecule has 0 unspecified atom stereocenters. The molecule has 0 spiro atoms. The van der Waals surface area contributed by atoms with Gasteiger partial charge in [0, 0.05) is 18.5 Å². The zero-order chi connectivity index (χ0) is 21.3. The molecule has 1 aromatic heterocycles. The Morgan fingerprint density at radius 3 is 2.73 bits per heavy atom. The van der Waals surface area contributed by atoms with E-state index in [0.29, 0.717) is 18.0 Å². The summed E-state index contributed by atoms with van der Waals surface area (Å²) >= 11 is 1.43. The summed E-state index contributed by atoms with van der Waals surface area (Å²) in [6.07, 6.45) is 4.28. The molecule has 0 atom stereocenters. The van der Waals surface area contributed by atoms with Gasteiger partial charge in [-0.1, -0.05) is 26.8 Å². The van der Waals surface area contributed by atoms with Crippen molar-refractivity contribution in [2.45, 2.75) is 58.4 Å². The maximum atomic E-state index is 12.7. The van der Waals surface area contributed by atoms with Gasteiger partial charge in [0.15, 0.2) is 6.61 Å². The molecule has 2 aromatic rings. The SMILES string of the molecule is CCC(C)(C)c1ccc2c(c1)N(Cc1nc(C(=O)N3CCCCC3)cs1)C(=O)CO2. The van der Waals surface area contributed by atoms with Crippen molar-refractivity contribution < 1.29 is 14.3 Å². The highest BCUT2D eigenvalue weighted by Gasteiger charge is 2.29. The molecule has 160 valence electrons. The van der Waals surface area contributed by atoms with Crippen LogP contribution in [-0.4, -0.2) is 41.4 Å². The zero-order valence-electron chi connectivity index (χ0n) is 17.9. The van der Waals surface area contributed by atoms with Crippen LogP contribution in [0.25, 0.3) is 0 Å². The molecule has 3 heterocycles. The zero-order valence-corrected chi connectivity index (χ0v) is 18.8. The Hall–Kier alpha value is -2.41. The van der Waals surface area contributed by atoms with Crippen molar-refractivity contribution in [2.24, 2.45) is 0 Å². The van der Waals surface area contributed by atoms with Crippen LogP contribution in [0.5, 0.6) is 5.75 Å². The summed E-state index contributed by atoms with van der Waals surface area (Å²) in [4.78, 5) is 33.6. The molecule has 7 heteroatoms. The van der Waals surface area contributed by atoms with Gasteiger partial charge in [0.05, 0.1) is 12.2 Å². The molecular weight excluding hydrogens is 398 g/mol. The smallest absolute Gasteiger partial charge is 0.273 e. The second-order valence-corrected chi connectivity index (χ2v) is 9.61. The van der Waals surface area contributed by atoms with Crippen LogP contribution in [0.15, 0.2) is 23.6 Å². The second kappa shape index (κ2) is 8.38. The lowest BCUT2D eigenvalue weighted by Gasteiger charge is -2.31. The van der Waals surface area contributed by atoms with Crippen LogP contribution in [-0.2, 0) is 16.8 Å². The van der Waals surface area contributed by atoms with Crippen molar-refractivity contribution in [3.63, 3.8) is 0 Å². The van der Waals surface area contributed by atoms with Crippen LogP contribution in [0.2, 0.25) is 0 Å². The predicted octanol–water partition coefficient (Wildman–Crippen LogP) is 4.38. The average molecular weight is 428 g/mol. The molecule has 2 amide bonds. The average Bonchev–Trinajstić information content (AvgIpc) is 3.24. The standard InChI is InChI=1S/C23H29N3O3S/c1-4-23(2,3)16-8-9-19-18(12-16)26(21(27)14-29-19)13-20-24-17(15-30-20)22(28)25-10-6-5-7-11-25/h8-9,12,15H,4-7,10-11,13-14H2,1-3H3. The van der Waals surface area contributed by atoms with Gasteiger partial charge in [0.25, 0.3) is 11.8 Å². The van der Waals surface area contributed by atoms with Crippen molar-refractivity contribution in [3.8, 4) is 5.75 Å². The number of aromatic nitrogens is 1. The van der Waals surface area contributed by atoms with Gasteiger partial charge in [-0.2, -0.15) is 0 Å². The van der Waals surface area contributed by atoms with E-state index in [-0.39, 0.29) is 23.8 Å². The van der Waals surface area contributed by atoms with Gasteiger partial charge >= 0.3 is 0 Å². The number of piperidine rings is 1. The van der Waals surface area contributed by atoms with E-state index in [1.54, 1.807) is 4.90 Å². The van der Waals surface area contributed by atoms with Gasteiger partial charge in [-0.15, -0.1) is 11.3 Å². The van der Waals surface area contributed by atoms with Gasteiger partial charge in [0.2, 0.25) is 0 Å². The minimum atomic E-state index is -0.0898. The number of carbonyl (C=O) groups excluding carboxylic acids is 2. The molecule has 0 radical (unpaired) electrons. The third kappa shape index (κ3) is 4.08. The first-order chi connectivity index (χ1) is 14.4. The number of ether oxygens (including phenoxy) is 1. The van der Waals surface area contributed by atoms with Crippen LogP contribution in [0, 0.1) is 0 Å². The molecule has 1 aromatic carbocycles. The van der Waals surface area contributed by atoms with Crippen LogP contribution in [0.3, 0.4) is 0 Å². The lowest BCUT2D eigenvalue weighted by molar-refractivity contribution is -0.121. The number of benzene rings is 1. The monoisotopic (exact) mass is 427 g/mol. The van der Waals surface area contributed by atoms with Crippen LogP contribution in [0.1, 0.15) is 67.5 Å². The van der Waals surface area contributed by atoms with Gasteiger partial charge in [-0.3, -0.25) is 14.5 Å². The number of hydrogen-bond acceptors (Lipinski definition) is 5. The summed E-state index contributed by atoms with van der Waals surface area (Å²) in [7, 11) is 0. The number of thiazole rings is 1. The number of fused-ring (bicyclic) bond motifs is 1. The van der Waals surface area contributed by atoms with Gasteiger partial charge in [-0.25, -0.2) is 4.98 Å². The number of carbonyl (C=O) groups is 2. The van der Waals surface area contributed by atoms with Gasteiger partial charge in [-0.05, 0) is 48.8 Å². The fourth-order valence-corrected chi connectivity index (χ4v) is 4.63. The molecule has 0 bridgehead atoms. The molecule has 2 aliphatic heterocycles. The molecule has 1 fully saturated rings. The fourth-order valence-electron chi connectivity index (χ4n) is 3.88. The summed E-state index contributed by atoms with van der Waals surface area (Å²) < 4.78 is 5.66. The summed E-state index contributed by atoms with van der Waals surface area (Å²) in [6.45, 7) is 8.54. The van der Waals surface area contributed by atoms with E-state index < -0.39 is 0 Å². The van der Waals surface area contributed by atoms with Crippen molar-refractivity contribution >= 4 is 28.8 Å². The number of likely N-dealkylation sites (tertiary alicyclic amines) is 1. The summed E-state index contributed by atoms with van der Waals surface area (Å²) in [6, 6.07) is 6.09. The Morgan fingerprint density at radius 1 is 1.23 bits per heavy atom. The summed E-state index contributed by atoms with van der Waals surface area (Å²) in [5, 5.41) is 2.58. The molecule has 2 aliphatic rings. The number of nitrogens with zero attached hydrogens (tertiary/aromatic N) is 3. The van der Waals surface area contributed by atoms with Crippen LogP contribution >= 0.6 is 11.3 Å². The normalized spacial score (nSPS) is 17.0. The fraction of sp³-hybridized carbons (Fsp3) is 0.522. The van der Waals surface area contributed by atoms with Crippen molar-refractivity contribution in [2.75, 3.05) is 24.6 Å². The van der Waals surface area contributed by atoms with E-state index in [1.165, 1.54) is 23.3 Å². The maximum Gasteiger partial charge on any atom is 0.273 e. The molecule has 30 heavy (non-hydrogen) atoms. The topological polar surface area (TPSA) is 62.7 Å². The van der Waals surface area contributed by atoms with E-state index in [1.807, 2.05) is 16.3 Å². The number of rotatable bonds is 5. The minimum absolute atomic E-state index is 0.00196. The highest BCUT2D eigenvalue weighted by molar-refractivity contribution is 7.09. The molecule has 4 rings (SSSR count). The van der Waals surface area contributed by atoms with Crippen LogP contribution < -0.4 is 9.64 Å². The Labute approximate surface area is 181 Å². The minimum Gasteiger partial charge on any atom is -0.482 e. The molecule has 0 N–H and O–H groups in total. The van der Waals surface area contributed by atoms with Crippen molar-refractivity contribution in [1.29, 1.82) is 0 Å². The summed E-state index contributed by atoms with van der Waals surface area (Å²) in [5.41, 5.74) is 2.45. The number of amides is 2. The molecule has 0 saturated carbocycles. The third-order valence-corrected chi connectivity index (χ3v) is 7.11. The largest absolute Gasteiger partial charge is 0.482 e. The second-order valence-electron chi connectivity index (χ2n) is 8.67. The Balaban J connectivity index is 1.57. The van der Waals surface area contributed by atoms with Gasteiger partial charge in [0.1, 0.15) is 16.5 Å². The highest BCUT2D eigenvalue weighted by atomic mass is 32.1. The van der Waals surface area contributed by atoms with Crippen molar-refractivity contribution in [3.05, 3.63) is 39.8 Å². The van der Waals surface area contributed by atoms with E-state index in [0.717, 1.165) is 43.0 Å². The predicted molar refractivity (Wildman–Crippen MR) is 118 cm³/mol. The van der Waals surface area contributed by atoms with Gasteiger partial charge < -0.3 is 9.64 Å². The molecule has 1 saturated heterocycles. The lowest BCUT2D eigenvalue weighted by atomic mass is 9.82. The van der Waals surface area contributed by atoms with Crippen molar-refractivity contribution in [1.82, 2.24) is 9.88 Å². The summed E-state index contributed by atoms with van der Waals surface area (Å²) in [5.74, 6) is 0.623. The molecule has 0 aliphatic carbocycles. The van der Waals surface area contributed by atoms with E-state index in [2.05, 4.69) is 37.9 Å². The third-order valence-electron chi connectivity index (χ3n) is 6.27. The van der Waals surface area contributed by atoms with E-state index in [9.17, 15) is 9.59 Å². The Bertz CT molecular complexity index is 947. The Kier molecular flexibility index (Phi) is 5.82. The lowest BCUT2D eigenvalue weighted by Crippen LogP contribution is -2.38. The molecule has 6 nitrogen and oxygen atoms in total. The number of anilines is 1. The first-order valence-corrected chi connectivity index (χ1v) is 11.6. The highest BCUT2D eigenvalue weighted by Crippen LogP contribution is 2.38. The maximum absolute atomic E-state index is 12.7. The number of hydrogen-bond donors (Lipinski definition) is 0. The first-order valence-electron chi connectivity index (χ1n) is 10.7.